The molecule has 8 nitrogen and oxygen atoms in total. The molecule has 0 radical (unpaired) electrons. The molecular formula is C17H28N2O6. The van der Waals surface area contributed by atoms with Gasteiger partial charge in [0.2, 0.25) is 0 Å². The summed E-state index contributed by atoms with van der Waals surface area (Å²) in [4.78, 5) is 28.2. The predicted molar refractivity (Wildman–Crippen MR) is 88.2 cm³/mol. The standard InChI is InChI=1S/C17H28N2O6/c1-17(2)15(20)18(5-3-7-22-9-13-11-24-13)16(21)19(17)6-4-8-23-10-14-12-25-14/h13-14H,3-12H2,1-2H3. The van der Waals surface area contributed by atoms with E-state index >= 15 is 0 Å². The van der Waals surface area contributed by atoms with Crippen LogP contribution in [0.3, 0.4) is 0 Å². The zero-order chi connectivity index (χ0) is 17.9. The minimum Gasteiger partial charge on any atom is -0.379 e. The molecule has 0 bridgehead atoms. The minimum absolute atomic E-state index is 0.143. The molecule has 3 amide bonds. The van der Waals surface area contributed by atoms with Crippen molar-refractivity contribution in [3.8, 4) is 0 Å². The maximum absolute atomic E-state index is 12.6. The van der Waals surface area contributed by atoms with Gasteiger partial charge in [0.15, 0.2) is 0 Å². The van der Waals surface area contributed by atoms with Crippen LogP contribution in [0.1, 0.15) is 26.7 Å². The van der Waals surface area contributed by atoms with E-state index in [0.717, 1.165) is 13.2 Å². The molecule has 142 valence electrons. The van der Waals surface area contributed by atoms with Crippen molar-refractivity contribution in [1.82, 2.24) is 9.80 Å². The molecule has 3 aliphatic heterocycles. The van der Waals surface area contributed by atoms with Crippen molar-refractivity contribution in [1.29, 1.82) is 0 Å². The van der Waals surface area contributed by atoms with Gasteiger partial charge in [-0.25, -0.2) is 4.79 Å². The Bertz CT molecular complexity index is 490. The van der Waals surface area contributed by atoms with E-state index in [1.165, 1.54) is 4.90 Å². The van der Waals surface area contributed by atoms with Crippen LogP contribution in [0.5, 0.6) is 0 Å². The molecule has 25 heavy (non-hydrogen) atoms. The third-order valence-corrected chi connectivity index (χ3v) is 4.66. The van der Waals surface area contributed by atoms with Gasteiger partial charge in [-0.2, -0.15) is 0 Å². The summed E-state index contributed by atoms with van der Waals surface area (Å²) < 4.78 is 21.1. The van der Waals surface area contributed by atoms with Gasteiger partial charge >= 0.3 is 6.03 Å². The Labute approximate surface area is 148 Å². The summed E-state index contributed by atoms with van der Waals surface area (Å²) in [5.41, 5.74) is -0.806. The summed E-state index contributed by atoms with van der Waals surface area (Å²) in [7, 11) is 0. The Morgan fingerprint density at radius 2 is 1.52 bits per heavy atom. The van der Waals surface area contributed by atoms with Gasteiger partial charge in [-0.1, -0.05) is 0 Å². The van der Waals surface area contributed by atoms with Crippen molar-refractivity contribution in [2.24, 2.45) is 0 Å². The van der Waals surface area contributed by atoms with Crippen molar-refractivity contribution in [2.75, 3.05) is 52.7 Å². The van der Waals surface area contributed by atoms with Crippen LogP contribution in [-0.2, 0) is 23.7 Å². The Morgan fingerprint density at radius 3 is 2.04 bits per heavy atom. The first-order valence-electron chi connectivity index (χ1n) is 9.02. The number of imide groups is 1. The Hall–Kier alpha value is -1.22. The van der Waals surface area contributed by atoms with E-state index in [0.29, 0.717) is 52.4 Å². The molecular weight excluding hydrogens is 328 g/mol. The second kappa shape index (κ2) is 7.99. The fraction of sp³-hybridized carbons (Fsp3) is 0.882. The smallest absolute Gasteiger partial charge is 0.327 e. The highest BCUT2D eigenvalue weighted by atomic mass is 16.6. The van der Waals surface area contributed by atoms with Crippen molar-refractivity contribution in [3.05, 3.63) is 0 Å². The second-order valence-electron chi connectivity index (χ2n) is 7.22. The maximum atomic E-state index is 12.6. The number of carbonyl (C=O) groups is 2. The Kier molecular flexibility index (Phi) is 5.93. The van der Waals surface area contributed by atoms with Crippen LogP contribution in [0.4, 0.5) is 4.79 Å². The summed E-state index contributed by atoms with van der Waals surface area (Å²) in [5, 5.41) is 0. The Balaban J connectivity index is 1.38. The third kappa shape index (κ3) is 4.91. The minimum atomic E-state index is -0.806. The molecule has 3 fully saturated rings. The number of nitrogens with zero attached hydrogens (tertiary/aromatic N) is 2. The summed E-state index contributed by atoms with van der Waals surface area (Å²) in [6.07, 6.45) is 1.82. The highest BCUT2D eigenvalue weighted by Gasteiger charge is 2.50. The van der Waals surface area contributed by atoms with E-state index in [1.54, 1.807) is 18.7 Å². The topological polar surface area (TPSA) is 84.1 Å². The molecule has 0 aromatic carbocycles. The van der Waals surface area contributed by atoms with Crippen molar-refractivity contribution in [2.45, 2.75) is 44.4 Å². The van der Waals surface area contributed by atoms with Gasteiger partial charge in [0.25, 0.3) is 5.91 Å². The van der Waals surface area contributed by atoms with Crippen LogP contribution in [0.2, 0.25) is 0 Å². The SMILES string of the molecule is CC1(C)C(=O)N(CCCOCC2CO2)C(=O)N1CCCOCC1CO1. The first kappa shape index (κ1) is 18.6. The van der Waals surface area contributed by atoms with Crippen LogP contribution in [-0.4, -0.2) is 92.2 Å². The first-order valence-corrected chi connectivity index (χ1v) is 9.02. The highest BCUT2D eigenvalue weighted by Crippen LogP contribution is 2.28. The lowest BCUT2D eigenvalue weighted by molar-refractivity contribution is -0.132. The van der Waals surface area contributed by atoms with Gasteiger partial charge in [0, 0.05) is 26.3 Å². The van der Waals surface area contributed by atoms with Crippen LogP contribution in [0.25, 0.3) is 0 Å². The van der Waals surface area contributed by atoms with Gasteiger partial charge in [-0.05, 0) is 26.7 Å². The molecule has 0 aromatic heterocycles. The van der Waals surface area contributed by atoms with Crippen molar-refractivity contribution in [3.63, 3.8) is 0 Å². The lowest BCUT2D eigenvalue weighted by Gasteiger charge is -2.27. The predicted octanol–water partition coefficient (Wildman–Crippen LogP) is 0.640. The highest BCUT2D eigenvalue weighted by molar-refractivity contribution is 6.06. The zero-order valence-corrected chi connectivity index (χ0v) is 15.1. The van der Waals surface area contributed by atoms with Crippen molar-refractivity contribution < 1.29 is 28.5 Å². The summed E-state index contributed by atoms with van der Waals surface area (Å²) in [6, 6.07) is -0.217. The number of urea groups is 1. The van der Waals surface area contributed by atoms with E-state index < -0.39 is 5.54 Å². The summed E-state index contributed by atoms with van der Waals surface area (Å²) >= 11 is 0. The first-order chi connectivity index (χ1) is 12.0. The van der Waals surface area contributed by atoms with Crippen LogP contribution in [0.15, 0.2) is 0 Å². The molecule has 0 N–H and O–H groups in total. The average Bonchev–Trinajstić information content (AvgIpc) is 3.46. The molecule has 0 spiro atoms. The van der Waals surface area contributed by atoms with Gasteiger partial charge < -0.3 is 23.8 Å². The number of ether oxygens (including phenoxy) is 4. The summed E-state index contributed by atoms with van der Waals surface area (Å²) in [5.74, 6) is -0.143. The van der Waals surface area contributed by atoms with Gasteiger partial charge in [-0.15, -0.1) is 0 Å². The van der Waals surface area contributed by atoms with Gasteiger partial charge in [0.05, 0.1) is 26.4 Å². The second-order valence-corrected chi connectivity index (χ2v) is 7.22. The molecule has 3 heterocycles. The number of epoxide rings is 2. The van der Waals surface area contributed by atoms with Crippen LogP contribution in [0, 0.1) is 0 Å². The molecule has 8 heteroatoms. The number of hydrogen-bond donors (Lipinski definition) is 0. The lowest BCUT2D eigenvalue weighted by Crippen LogP contribution is -2.44. The molecule has 0 saturated carbocycles. The van der Waals surface area contributed by atoms with Crippen molar-refractivity contribution >= 4 is 11.9 Å². The average molecular weight is 356 g/mol. The van der Waals surface area contributed by atoms with E-state index in [2.05, 4.69) is 0 Å². The van der Waals surface area contributed by atoms with E-state index in [9.17, 15) is 9.59 Å². The fourth-order valence-electron chi connectivity index (χ4n) is 2.90. The fourth-order valence-corrected chi connectivity index (χ4v) is 2.90. The molecule has 3 rings (SSSR count). The quantitative estimate of drug-likeness (QED) is 0.290. The summed E-state index contributed by atoms with van der Waals surface area (Å²) in [6.45, 7) is 8.31. The monoisotopic (exact) mass is 356 g/mol. The normalized spacial score (nSPS) is 27.3. The van der Waals surface area contributed by atoms with E-state index in [1.807, 2.05) is 0 Å². The third-order valence-electron chi connectivity index (χ3n) is 4.66. The number of hydrogen-bond acceptors (Lipinski definition) is 6. The van der Waals surface area contributed by atoms with E-state index in [-0.39, 0.29) is 24.1 Å². The number of rotatable bonds is 12. The van der Waals surface area contributed by atoms with Crippen LogP contribution >= 0.6 is 0 Å². The number of carbonyl (C=O) groups excluding carboxylic acids is 2. The lowest BCUT2D eigenvalue weighted by atomic mass is 10.0. The maximum Gasteiger partial charge on any atom is 0.327 e. The molecule has 2 unspecified atom stereocenters. The van der Waals surface area contributed by atoms with Gasteiger partial charge in [-0.3, -0.25) is 9.69 Å². The van der Waals surface area contributed by atoms with E-state index in [4.69, 9.17) is 18.9 Å². The Morgan fingerprint density at radius 1 is 1.00 bits per heavy atom. The zero-order valence-electron chi connectivity index (χ0n) is 15.1. The molecule has 3 saturated heterocycles. The van der Waals surface area contributed by atoms with Gasteiger partial charge in [0.1, 0.15) is 17.7 Å². The molecule has 3 aliphatic rings. The number of amides is 3. The molecule has 2 atom stereocenters. The molecule has 0 aromatic rings. The molecule has 0 aliphatic carbocycles. The van der Waals surface area contributed by atoms with Crippen LogP contribution < -0.4 is 0 Å². The largest absolute Gasteiger partial charge is 0.379 e.